The maximum atomic E-state index is 9.41. The van der Waals surface area contributed by atoms with Crippen LogP contribution in [0.4, 0.5) is 0 Å². The Bertz CT molecular complexity index is 636. The molecule has 0 aromatic carbocycles. The van der Waals surface area contributed by atoms with Gasteiger partial charge in [-0.05, 0) is 19.3 Å². The standard InChI is InChI=1S/C17H28N4OS/c1-13(2)10-20-6-5-19(11-15(20)4-8-22)12-16-14(3)18-17-21(16)7-9-23-17/h7,9,13,15,22H,4-6,8,10-12H2,1-3H3. The lowest BCUT2D eigenvalue weighted by Gasteiger charge is -2.42. The number of thiazole rings is 1. The summed E-state index contributed by atoms with van der Waals surface area (Å²) in [5.74, 6) is 0.672. The highest BCUT2D eigenvalue weighted by Gasteiger charge is 2.27. The van der Waals surface area contributed by atoms with Gasteiger partial charge in [0.25, 0.3) is 0 Å². The lowest BCUT2D eigenvalue weighted by atomic mass is 10.1. The first-order valence-corrected chi connectivity index (χ1v) is 9.44. The van der Waals surface area contributed by atoms with E-state index in [2.05, 4.69) is 51.5 Å². The number of fused-ring (bicyclic) bond motifs is 1. The first kappa shape index (κ1) is 16.9. The van der Waals surface area contributed by atoms with Gasteiger partial charge < -0.3 is 5.11 Å². The lowest BCUT2D eigenvalue weighted by Crippen LogP contribution is -2.54. The summed E-state index contributed by atoms with van der Waals surface area (Å²) in [6.07, 6.45) is 2.98. The first-order chi connectivity index (χ1) is 11.1. The van der Waals surface area contributed by atoms with E-state index >= 15 is 0 Å². The van der Waals surface area contributed by atoms with E-state index in [-0.39, 0.29) is 6.61 Å². The molecule has 2 aromatic rings. The zero-order valence-electron chi connectivity index (χ0n) is 14.4. The van der Waals surface area contributed by atoms with Gasteiger partial charge in [-0.25, -0.2) is 4.98 Å². The summed E-state index contributed by atoms with van der Waals surface area (Å²) in [5, 5.41) is 11.5. The summed E-state index contributed by atoms with van der Waals surface area (Å²) in [5.41, 5.74) is 2.45. The Morgan fingerprint density at radius 2 is 2.22 bits per heavy atom. The Balaban J connectivity index is 1.69. The average Bonchev–Trinajstić information content (AvgIpc) is 3.04. The van der Waals surface area contributed by atoms with Crippen molar-refractivity contribution in [3.8, 4) is 0 Å². The molecule has 1 N–H and O–H groups in total. The van der Waals surface area contributed by atoms with E-state index in [1.807, 2.05) is 0 Å². The second-order valence-electron chi connectivity index (χ2n) is 6.99. The Kier molecular flexibility index (Phi) is 5.36. The molecule has 0 radical (unpaired) electrons. The number of rotatable bonds is 6. The maximum absolute atomic E-state index is 9.41. The molecule has 1 atom stereocenters. The van der Waals surface area contributed by atoms with Gasteiger partial charge in [0.1, 0.15) is 0 Å². The Labute approximate surface area is 142 Å². The highest BCUT2D eigenvalue weighted by Crippen LogP contribution is 2.21. The third-order valence-electron chi connectivity index (χ3n) is 4.69. The van der Waals surface area contributed by atoms with Crippen molar-refractivity contribution in [2.75, 3.05) is 32.8 Å². The number of piperazine rings is 1. The molecule has 1 saturated heterocycles. The Morgan fingerprint density at radius 1 is 1.39 bits per heavy atom. The van der Waals surface area contributed by atoms with E-state index < -0.39 is 0 Å². The zero-order chi connectivity index (χ0) is 16.4. The third kappa shape index (κ3) is 3.76. The lowest BCUT2D eigenvalue weighted by molar-refractivity contribution is 0.0469. The molecular formula is C17H28N4OS. The van der Waals surface area contributed by atoms with Gasteiger partial charge in [-0.1, -0.05) is 13.8 Å². The van der Waals surface area contributed by atoms with E-state index in [1.54, 1.807) is 11.3 Å². The summed E-state index contributed by atoms with van der Waals surface area (Å²) >= 11 is 1.69. The molecule has 0 saturated carbocycles. The van der Waals surface area contributed by atoms with Crippen LogP contribution in [0.15, 0.2) is 11.6 Å². The largest absolute Gasteiger partial charge is 0.396 e. The molecule has 3 rings (SSSR count). The van der Waals surface area contributed by atoms with Crippen LogP contribution in [0.25, 0.3) is 4.96 Å². The van der Waals surface area contributed by atoms with Gasteiger partial charge in [0, 0.05) is 56.9 Å². The van der Waals surface area contributed by atoms with Crippen LogP contribution >= 0.6 is 11.3 Å². The molecule has 23 heavy (non-hydrogen) atoms. The monoisotopic (exact) mass is 336 g/mol. The van der Waals surface area contributed by atoms with Crippen molar-refractivity contribution < 1.29 is 5.11 Å². The van der Waals surface area contributed by atoms with Crippen molar-refractivity contribution in [1.82, 2.24) is 19.2 Å². The molecule has 1 aliphatic heterocycles. The first-order valence-electron chi connectivity index (χ1n) is 8.56. The van der Waals surface area contributed by atoms with E-state index in [0.717, 1.165) is 49.8 Å². The van der Waals surface area contributed by atoms with Crippen molar-refractivity contribution in [2.24, 2.45) is 5.92 Å². The number of hydrogen-bond acceptors (Lipinski definition) is 5. The molecule has 0 spiro atoms. The molecule has 3 heterocycles. The van der Waals surface area contributed by atoms with Crippen LogP contribution in [-0.4, -0.2) is 63.1 Å². The van der Waals surface area contributed by atoms with Crippen LogP contribution < -0.4 is 0 Å². The van der Waals surface area contributed by atoms with Gasteiger partial charge in [-0.3, -0.25) is 14.2 Å². The van der Waals surface area contributed by atoms with Crippen molar-refractivity contribution in [1.29, 1.82) is 0 Å². The summed E-state index contributed by atoms with van der Waals surface area (Å²) in [6, 6.07) is 0.461. The van der Waals surface area contributed by atoms with Crippen molar-refractivity contribution in [2.45, 2.75) is 39.8 Å². The Hall–Kier alpha value is -0.950. The van der Waals surface area contributed by atoms with Crippen molar-refractivity contribution >= 4 is 16.3 Å². The van der Waals surface area contributed by atoms with Crippen LogP contribution in [0.2, 0.25) is 0 Å². The number of nitrogens with zero attached hydrogens (tertiary/aromatic N) is 4. The molecule has 2 aromatic heterocycles. The summed E-state index contributed by atoms with van der Waals surface area (Å²) in [4.78, 5) is 10.8. The third-order valence-corrected chi connectivity index (χ3v) is 5.44. The van der Waals surface area contributed by atoms with Gasteiger partial charge in [0.2, 0.25) is 0 Å². The molecule has 1 unspecified atom stereocenters. The number of aliphatic hydroxyl groups excluding tert-OH is 1. The Morgan fingerprint density at radius 3 is 2.96 bits per heavy atom. The number of aromatic nitrogens is 2. The van der Waals surface area contributed by atoms with Gasteiger partial charge in [-0.2, -0.15) is 0 Å². The van der Waals surface area contributed by atoms with Crippen LogP contribution in [0.1, 0.15) is 31.7 Å². The fraction of sp³-hybridized carbons (Fsp3) is 0.706. The van der Waals surface area contributed by atoms with Crippen LogP contribution in [0.5, 0.6) is 0 Å². The quantitative estimate of drug-likeness (QED) is 0.878. The normalized spacial score (nSPS) is 20.8. The zero-order valence-corrected chi connectivity index (χ0v) is 15.2. The topological polar surface area (TPSA) is 44.0 Å². The fourth-order valence-corrected chi connectivity index (χ4v) is 4.35. The van der Waals surface area contributed by atoms with E-state index in [1.165, 1.54) is 5.69 Å². The number of aryl methyl sites for hydroxylation is 1. The highest BCUT2D eigenvalue weighted by atomic mass is 32.1. The minimum Gasteiger partial charge on any atom is -0.396 e. The molecule has 5 nitrogen and oxygen atoms in total. The SMILES string of the molecule is Cc1nc2sccn2c1CN1CCN(CC(C)C)C(CCO)C1. The predicted molar refractivity (Wildman–Crippen MR) is 95.0 cm³/mol. The van der Waals surface area contributed by atoms with E-state index in [9.17, 15) is 5.11 Å². The summed E-state index contributed by atoms with van der Waals surface area (Å²) in [7, 11) is 0. The highest BCUT2D eigenvalue weighted by molar-refractivity contribution is 7.15. The van der Waals surface area contributed by atoms with Gasteiger partial charge >= 0.3 is 0 Å². The molecule has 0 aliphatic carbocycles. The van der Waals surface area contributed by atoms with Crippen LogP contribution in [0, 0.1) is 12.8 Å². The van der Waals surface area contributed by atoms with E-state index in [0.29, 0.717) is 12.0 Å². The van der Waals surface area contributed by atoms with Crippen LogP contribution in [-0.2, 0) is 6.54 Å². The molecule has 0 bridgehead atoms. The average molecular weight is 337 g/mol. The molecular weight excluding hydrogens is 308 g/mol. The minimum absolute atomic E-state index is 0.271. The second kappa shape index (κ2) is 7.30. The summed E-state index contributed by atoms with van der Waals surface area (Å²) < 4.78 is 2.22. The number of aliphatic hydroxyl groups is 1. The minimum atomic E-state index is 0.271. The van der Waals surface area contributed by atoms with E-state index in [4.69, 9.17) is 0 Å². The predicted octanol–water partition coefficient (Wildman–Crippen LogP) is 2.23. The maximum Gasteiger partial charge on any atom is 0.194 e. The molecule has 128 valence electrons. The molecule has 6 heteroatoms. The fourth-order valence-electron chi connectivity index (χ4n) is 3.58. The summed E-state index contributed by atoms with van der Waals surface area (Å²) in [6.45, 7) is 12.2. The number of imidazole rings is 1. The molecule has 0 amide bonds. The van der Waals surface area contributed by atoms with Crippen molar-refractivity contribution in [3.63, 3.8) is 0 Å². The van der Waals surface area contributed by atoms with Gasteiger partial charge in [-0.15, -0.1) is 11.3 Å². The van der Waals surface area contributed by atoms with Crippen molar-refractivity contribution in [3.05, 3.63) is 23.0 Å². The van der Waals surface area contributed by atoms with Gasteiger partial charge in [0.05, 0.1) is 11.4 Å². The molecule has 1 fully saturated rings. The molecule has 1 aliphatic rings. The second-order valence-corrected chi connectivity index (χ2v) is 7.86. The van der Waals surface area contributed by atoms with Crippen LogP contribution in [0.3, 0.4) is 0 Å². The van der Waals surface area contributed by atoms with Gasteiger partial charge in [0.15, 0.2) is 4.96 Å². The smallest absolute Gasteiger partial charge is 0.194 e. The number of hydrogen-bond donors (Lipinski definition) is 1.